The van der Waals surface area contributed by atoms with Crippen molar-refractivity contribution in [3.63, 3.8) is 0 Å². The minimum absolute atomic E-state index is 0. The Labute approximate surface area is 157 Å². The van der Waals surface area contributed by atoms with Crippen LogP contribution in [-0.2, 0) is 11.2 Å². The third-order valence-electron chi connectivity index (χ3n) is 3.18. The fraction of sp³-hybridized carbons (Fsp3) is 0.125. The minimum Gasteiger partial charge on any atom is -0.550 e. The van der Waals surface area contributed by atoms with E-state index in [4.69, 9.17) is 0 Å². The summed E-state index contributed by atoms with van der Waals surface area (Å²) in [6, 6.07) is 11.1. The quantitative estimate of drug-likeness (QED) is 0.481. The van der Waals surface area contributed by atoms with Crippen molar-refractivity contribution >= 4 is 43.8 Å². The summed E-state index contributed by atoms with van der Waals surface area (Å²) in [5, 5.41) is 13.6. The molecule has 0 bridgehead atoms. The normalized spacial score (nSPS) is 10.4. The van der Waals surface area contributed by atoms with Gasteiger partial charge in [-0.2, -0.15) is 0 Å². The molecule has 106 valence electrons. The van der Waals surface area contributed by atoms with Crippen LogP contribution in [0, 0.1) is 0 Å². The summed E-state index contributed by atoms with van der Waals surface area (Å²) in [5.74, 6) is -1.09. The van der Waals surface area contributed by atoms with Crippen LogP contribution in [0.2, 0.25) is 0 Å². The van der Waals surface area contributed by atoms with E-state index in [1.807, 2.05) is 23.6 Å². The van der Waals surface area contributed by atoms with Crippen LogP contribution in [0.3, 0.4) is 0 Å². The molecule has 0 amide bonds. The monoisotopic (exact) mass is 338 g/mol. The SMILES string of the molecule is O=C([O-])CCc1cccc(C(=O)c2cc3ccsc3s2)c1.[Na+]. The molecule has 6 heteroatoms. The van der Waals surface area contributed by atoms with E-state index in [0.717, 1.165) is 15.0 Å². The number of aliphatic carboxylic acids is 1. The van der Waals surface area contributed by atoms with E-state index in [1.165, 1.54) is 11.3 Å². The number of thiophene rings is 2. The fourth-order valence-corrected chi connectivity index (χ4v) is 4.21. The Kier molecular flexibility index (Phi) is 5.94. The molecule has 0 saturated carbocycles. The van der Waals surface area contributed by atoms with Gasteiger partial charge in [0, 0.05) is 16.9 Å². The molecular weight excluding hydrogens is 327 g/mol. The zero-order valence-electron chi connectivity index (χ0n) is 12.0. The van der Waals surface area contributed by atoms with Crippen molar-refractivity contribution in [2.45, 2.75) is 12.8 Å². The third-order valence-corrected chi connectivity index (χ3v) is 5.38. The van der Waals surface area contributed by atoms with Crippen molar-refractivity contribution in [2.24, 2.45) is 0 Å². The van der Waals surface area contributed by atoms with Crippen LogP contribution in [-0.4, -0.2) is 11.8 Å². The fourth-order valence-electron chi connectivity index (χ4n) is 2.13. The van der Waals surface area contributed by atoms with E-state index in [2.05, 4.69) is 0 Å². The van der Waals surface area contributed by atoms with Crippen molar-refractivity contribution in [2.75, 3.05) is 0 Å². The van der Waals surface area contributed by atoms with Crippen LogP contribution in [0.25, 0.3) is 9.40 Å². The number of carbonyl (C=O) groups is 2. The van der Waals surface area contributed by atoms with Crippen molar-refractivity contribution in [1.82, 2.24) is 0 Å². The van der Waals surface area contributed by atoms with Gasteiger partial charge < -0.3 is 9.90 Å². The van der Waals surface area contributed by atoms with Crippen LogP contribution in [0.5, 0.6) is 0 Å². The molecule has 22 heavy (non-hydrogen) atoms. The third kappa shape index (κ3) is 3.86. The largest absolute Gasteiger partial charge is 1.00 e. The number of hydrogen-bond acceptors (Lipinski definition) is 5. The topological polar surface area (TPSA) is 57.2 Å². The molecule has 0 aliphatic rings. The number of ketones is 1. The van der Waals surface area contributed by atoms with Crippen molar-refractivity contribution < 1.29 is 44.3 Å². The summed E-state index contributed by atoms with van der Waals surface area (Å²) in [6.45, 7) is 0. The number of hydrogen-bond donors (Lipinski definition) is 0. The van der Waals surface area contributed by atoms with Gasteiger partial charge in [0.1, 0.15) is 0 Å². The van der Waals surface area contributed by atoms with Crippen LogP contribution < -0.4 is 34.7 Å². The minimum atomic E-state index is -1.08. The van der Waals surface area contributed by atoms with Crippen LogP contribution in [0.4, 0.5) is 0 Å². The van der Waals surface area contributed by atoms with Crippen molar-refractivity contribution in [3.05, 3.63) is 57.8 Å². The molecule has 0 unspecified atom stereocenters. The molecule has 0 spiro atoms. The standard InChI is InChI=1S/C16H12O3S2.Na/c17-14(18)5-4-10-2-1-3-11(8-10)15(19)13-9-12-6-7-20-16(12)21-13;/h1-3,6-9H,4-5H2,(H,17,18);/q;+1/p-1. The first-order valence-electron chi connectivity index (χ1n) is 6.44. The molecule has 0 radical (unpaired) electrons. The molecule has 0 fully saturated rings. The molecule has 0 N–H and O–H groups in total. The van der Waals surface area contributed by atoms with Gasteiger partial charge in [0.2, 0.25) is 5.78 Å². The van der Waals surface area contributed by atoms with Gasteiger partial charge >= 0.3 is 29.6 Å². The Morgan fingerprint density at radius 3 is 2.68 bits per heavy atom. The zero-order chi connectivity index (χ0) is 14.8. The number of fused-ring (bicyclic) bond motifs is 1. The maximum Gasteiger partial charge on any atom is 1.00 e. The summed E-state index contributed by atoms with van der Waals surface area (Å²) >= 11 is 3.13. The van der Waals surface area contributed by atoms with E-state index in [1.54, 1.807) is 29.5 Å². The Balaban J connectivity index is 0.00000176. The molecule has 1 aromatic carbocycles. The smallest absolute Gasteiger partial charge is 0.550 e. The Morgan fingerprint density at radius 2 is 1.95 bits per heavy atom. The summed E-state index contributed by atoms with van der Waals surface area (Å²) in [4.78, 5) is 23.7. The van der Waals surface area contributed by atoms with Gasteiger partial charge in [-0.1, -0.05) is 18.2 Å². The van der Waals surface area contributed by atoms with Gasteiger partial charge in [-0.3, -0.25) is 4.79 Å². The number of aryl methyl sites for hydroxylation is 1. The number of carboxylic acids is 1. The van der Waals surface area contributed by atoms with Gasteiger partial charge in [-0.05, 0) is 42.0 Å². The Hall–Kier alpha value is -0.980. The number of rotatable bonds is 5. The molecule has 3 nitrogen and oxygen atoms in total. The van der Waals surface area contributed by atoms with Gasteiger partial charge in [0.25, 0.3) is 0 Å². The summed E-state index contributed by atoms with van der Waals surface area (Å²) < 4.78 is 1.14. The number of carboxylic acid groups (broad SMARTS) is 1. The predicted molar refractivity (Wildman–Crippen MR) is 82.9 cm³/mol. The van der Waals surface area contributed by atoms with Gasteiger partial charge in [-0.15, -0.1) is 22.7 Å². The van der Waals surface area contributed by atoms with Crippen molar-refractivity contribution in [3.8, 4) is 0 Å². The average Bonchev–Trinajstić information content (AvgIpc) is 3.06. The van der Waals surface area contributed by atoms with E-state index in [-0.39, 0.29) is 41.8 Å². The molecule has 2 heterocycles. The molecule has 2 aromatic heterocycles. The first kappa shape index (κ1) is 17.4. The van der Waals surface area contributed by atoms with E-state index >= 15 is 0 Å². The average molecular weight is 338 g/mol. The molecule has 0 aliphatic heterocycles. The summed E-state index contributed by atoms with van der Waals surface area (Å²) in [7, 11) is 0. The second-order valence-electron chi connectivity index (χ2n) is 4.68. The van der Waals surface area contributed by atoms with Crippen LogP contribution in [0.15, 0.2) is 41.8 Å². The second kappa shape index (κ2) is 7.53. The molecular formula is C16H11NaO3S2. The van der Waals surface area contributed by atoms with Gasteiger partial charge in [0.05, 0.1) is 8.89 Å². The first-order chi connectivity index (χ1) is 10.1. The van der Waals surface area contributed by atoms with Crippen molar-refractivity contribution in [1.29, 1.82) is 0 Å². The van der Waals surface area contributed by atoms with E-state index in [0.29, 0.717) is 16.9 Å². The summed E-state index contributed by atoms with van der Waals surface area (Å²) in [6.07, 6.45) is 0.343. The Bertz CT molecular complexity index is 791. The van der Waals surface area contributed by atoms with E-state index in [9.17, 15) is 14.7 Å². The molecule has 3 rings (SSSR count). The molecule has 0 aliphatic carbocycles. The molecule has 3 aromatic rings. The molecule has 0 saturated heterocycles. The number of benzene rings is 1. The Morgan fingerprint density at radius 1 is 1.14 bits per heavy atom. The maximum absolute atomic E-state index is 12.5. The summed E-state index contributed by atoms with van der Waals surface area (Å²) in [5.41, 5.74) is 1.43. The van der Waals surface area contributed by atoms with Gasteiger partial charge in [-0.25, -0.2) is 0 Å². The zero-order valence-corrected chi connectivity index (χ0v) is 15.6. The first-order valence-corrected chi connectivity index (χ1v) is 8.13. The van der Waals surface area contributed by atoms with Crippen LogP contribution in [0.1, 0.15) is 27.2 Å². The van der Waals surface area contributed by atoms with E-state index < -0.39 is 5.97 Å². The predicted octanol–water partition coefficient (Wildman–Crippen LogP) is -0.120. The number of carbonyl (C=O) groups excluding carboxylic acids is 2. The maximum atomic E-state index is 12.5. The molecule has 0 atom stereocenters. The second-order valence-corrected chi connectivity index (χ2v) is 6.90. The van der Waals surface area contributed by atoms with Gasteiger partial charge in [0.15, 0.2) is 0 Å². The van der Waals surface area contributed by atoms with Crippen LogP contribution >= 0.6 is 22.7 Å².